The highest BCUT2D eigenvalue weighted by atomic mass is 32.1. The molecule has 0 aliphatic carbocycles. The van der Waals surface area contributed by atoms with E-state index in [-0.39, 0.29) is 17.9 Å². The van der Waals surface area contributed by atoms with Crippen molar-refractivity contribution >= 4 is 23.2 Å². The molecule has 2 amide bonds. The van der Waals surface area contributed by atoms with Crippen LogP contribution in [0.25, 0.3) is 0 Å². The molecule has 0 bridgehead atoms. The topological polar surface area (TPSA) is 75.2 Å². The number of thiophene rings is 1. The summed E-state index contributed by atoms with van der Waals surface area (Å²) in [4.78, 5) is 35.5. The third-order valence-corrected chi connectivity index (χ3v) is 5.12. The van der Waals surface area contributed by atoms with E-state index in [4.69, 9.17) is 0 Å². The maximum atomic E-state index is 12.8. The Labute approximate surface area is 144 Å². The molecule has 0 spiro atoms. The number of rotatable bonds is 4. The number of aromatic nitrogens is 2. The fourth-order valence-electron chi connectivity index (χ4n) is 2.89. The smallest absolute Gasteiger partial charge is 0.264 e. The zero-order valence-corrected chi connectivity index (χ0v) is 14.6. The van der Waals surface area contributed by atoms with Gasteiger partial charge in [-0.15, -0.1) is 11.3 Å². The van der Waals surface area contributed by atoms with Gasteiger partial charge in [0, 0.05) is 19.7 Å². The van der Waals surface area contributed by atoms with Crippen molar-refractivity contribution in [2.75, 3.05) is 6.54 Å². The SMILES string of the molecule is CC(=O)NCc1ccnc([C@H]2CCCN2C(=O)c2sccc2C)n1. The Hall–Kier alpha value is -2.28. The van der Waals surface area contributed by atoms with Gasteiger partial charge in [-0.2, -0.15) is 0 Å². The van der Waals surface area contributed by atoms with E-state index in [1.165, 1.54) is 18.3 Å². The van der Waals surface area contributed by atoms with Crippen LogP contribution < -0.4 is 5.32 Å². The molecule has 126 valence electrons. The predicted octanol–water partition coefficient (Wildman–Crippen LogP) is 2.46. The molecular formula is C17H20N4O2S. The zero-order chi connectivity index (χ0) is 17.1. The highest BCUT2D eigenvalue weighted by molar-refractivity contribution is 7.12. The molecule has 2 aromatic heterocycles. The fourth-order valence-corrected chi connectivity index (χ4v) is 3.77. The van der Waals surface area contributed by atoms with Gasteiger partial charge in [0.2, 0.25) is 5.91 Å². The predicted molar refractivity (Wildman–Crippen MR) is 91.6 cm³/mol. The summed E-state index contributed by atoms with van der Waals surface area (Å²) in [6, 6.07) is 3.65. The number of hydrogen-bond donors (Lipinski definition) is 1. The first-order chi connectivity index (χ1) is 11.6. The van der Waals surface area contributed by atoms with Gasteiger partial charge in [0.25, 0.3) is 5.91 Å². The van der Waals surface area contributed by atoms with Crippen LogP contribution >= 0.6 is 11.3 Å². The van der Waals surface area contributed by atoms with E-state index in [9.17, 15) is 9.59 Å². The molecule has 24 heavy (non-hydrogen) atoms. The van der Waals surface area contributed by atoms with Crippen LogP contribution in [0.4, 0.5) is 0 Å². The molecule has 1 atom stereocenters. The van der Waals surface area contributed by atoms with Gasteiger partial charge in [-0.3, -0.25) is 9.59 Å². The first kappa shape index (κ1) is 16.6. The van der Waals surface area contributed by atoms with E-state index in [1.807, 2.05) is 23.3 Å². The molecular weight excluding hydrogens is 324 g/mol. The fraction of sp³-hybridized carbons (Fsp3) is 0.412. The summed E-state index contributed by atoms with van der Waals surface area (Å²) in [7, 11) is 0. The van der Waals surface area contributed by atoms with Crippen molar-refractivity contribution in [3.8, 4) is 0 Å². The minimum atomic E-state index is -0.101. The summed E-state index contributed by atoms with van der Waals surface area (Å²) >= 11 is 1.48. The third-order valence-electron chi connectivity index (χ3n) is 4.12. The number of aryl methyl sites for hydroxylation is 1. The Morgan fingerprint density at radius 2 is 2.25 bits per heavy atom. The molecule has 7 heteroatoms. The summed E-state index contributed by atoms with van der Waals surface area (Å²) < 4.78 is 0. The van der Waals surface area contributed by atoms with Gasteiger partial charge >= 0.3 is 0 Å². The number of carbonyl (C=O) groups is 2. The Balaban J connectivity index is 1.80. The number of nitrogens with zero attached hydrogens (tertiary/aromatic N) is 3. The highest BCUT2D eigenvalue weighted by Gasteiger charge is 2.33. The van der Waals surface area contributed by atoms with Crippen LogP contribution in [0.3, 0.4) is 0 Å². The summed E-state index contributed by atoms with van der Waals surface area (Å²) in [6.07, 6.45) is 3.50. The van der Waals surface area contributed by atoms with Crippen LogP contribution in [-0.2, 0) is 11.3 Å². The average Bonchev–Trinajstić information content (AvgIpc) is 3.21. The largest absolute Gasteiger partial charge is 0.351 e. The molecule has 0 saturated carbocycles. The lowest BCUT2D eigenvalue weighted by molar-refractivity contribution is -0.119. The quantitative estimate of drug-likeness (QED) is 0.924. The van der Waals surface area contributed by atoms with Gasteiger partial charge < -0.3 is 10.2 Å². The number of likely N-dealkylation sites (tertiary alicyclic amines) is 1. The molecule has 1 fully saturated rings. The van der Waals surface area contributed by atoms with Crippen molar-refractivity contribution in [1.82, 2.24) is 20.2 Å². The second-order valence-electron chi connectivity index (χ2n) is 5.91. The maximum Gasteiger partial charge on any atom is 0.264 e. The average molecular weight is 344 g/mol. The van der Waals surface area contributed by atoms with Crippen LogP contribution in [0.15, 0.2) is 23.7 Å². The van der Waals surface area contributed by atoms with Crippen LogP contribution in [0.1, 0.15) is 52.6 Å². The number of nitrogens with one attached hydrogen (secondary N) is 1. The van der Waals surface area contributed by atoms with Gasteiger partial charge in [0.1, 0.15) is 0 Å². The van der Waals surface area contributed by atoms with Crippen LogP contribution in [0.5, 0.6) is 0 Å². The first-order valence-corrected chi connectivity index (χ1v) is 8.85. The standard InChI is InChI=1S/C17H20N4O2S/c1-11-6-9-24-15(11)17(23)21-8-3-4-14(21)16-18-7-5-13(20-16)10-19-12(2)22/h5-7,9,14H,3-4,8,10H2,1-2H3,(H,19,22)/t14-/m1/s1. The Morgan fingerprint density at radius 3 is 2.96 bits per heavy atom. The summed E-state index contributed by atoms with van der Waals surface area (Å²) in [6.45, 7) is 4.53. The second-order valence-corrected chi connectivity index (χ2v) is 6.82. The van der Waals surface area contributed by atoms with Crippen molar-refractivity contribution in [3.05, 3.63) is 45.7 Å². The van der Waals surface area contributed by atoms with Gasteiger partial charge in [0.15, 0.2) is 5.82 Å². The van der Waals surface area contributed by atoms with Gasteiger partial charge in [0.05, 0.1) is 23.2 Å². The Bertz CT molecular complexity index is 759. The summed E-state index contributed by atoms with van der Waals surface area (Å²) in [5.41, 5.74) is 1.76. The first-order valence-electron chi connectivity index (χ1n) is 7.97. The maximum absolute atomic E-state index is 12.8. The van der Waals surface area contributed by atoms with Crippen molar-refractivity contribution in [1.29, 1.82) is 0 Å². The van der Waals surface area contributed by atoms with Crippen molar-refractivity contribution < 1.29 is 9.59 Å². The molecule has 6 nitrogen and oxygen atoms in total. The van der Waals surface area contributed by atoms with E-state index >= 15 is 0 Å². The molecule has 2 aromatic rings. The minimum absolute atomic E-state index is 0.0564. The van der Waals surface area contributed by atoms with Crippen molar-refractivity contribution in [2.24, 2.45) is 0 Å². The number of hydrogen-bond acceptors (Lipinski definition) is 5. The lowest BCUT2D eigenvalue weighted by Gasteiger charge is -2.23. The molecule has 0 aromatic carbocycles. The lowest BCUT2D eigenvalue weighted by atomic mass is 10.2. The Kier molecular flexibility index (Phi) is 4.89. The number of carbonyl (C=O) groups excluding carboxylic acids is 2. The second kappa shape index (κ2) is 7.09. The minimum Gasteiger partial charge on any atom is -0.351 e. The van der Waals surface area contributed by atoms with Gasteiger partial charge in [-0.1, -0.05) is 0 Å². The molecule has 1 N–H and O–H groups in total. The lowest BCUT2D eigenvalue weighted by Crippen LogP contribution is -2.31. The molecule has 3 rings (SSSR count). The van der Waals surface area contributed by atoms with Crippen molar-refractivity contribution in [3.63, 3.8) is 0 Å². The van der Waals surface area contributed by atoms with E-state index in [1.54, 1.807) is 12.3 Å². The molecule has 0 unspecified atom stereocenters. The Morgan fingerprint density at radius 1 is 1.42 bits per heavy atom. The van der Waals surface area contributed by atoms with E-state index < -0.39 is 0 Å². The summed E-state index contributed by atoms with van der Waals surface area (Å²) in [5, 5.41) is 4.68. The zero-order valence-electron chi connectivity index (χ0n) is 13.8. The number of amides is 2. The van der Waals surface area contributed by atoms with Crippen LogP contribution in [-0.4, -0.2) is 33.2 Å². The van der Waals surface area contributed by atoms with Crippen molar-refractivity contribution in [2.45, 2.75) is 39.3 Å². The molecule has 1 aliphatic rings. The van der Waals surface area contributed by atoms with E-state index in [2.05, 4.69) is 15.3 Å². The molecule has 3 heterocycles. The van der Waals surface area contributed by atoms with Crippen LogP contribution in [0, 0.1) is 6.92 Å². The van der Waals surface area contributed by atoms with E-state index in [0.717, 1.165) is 35.5 Å². The molecule has 1 aliphatic heterocycles. The monoisotopic (exact) mass is 344 g/mol. The summed E-state index contributed by atoms with van der Waals surface area (Å²) in [5.74, 6) is 0.611. The van der Waals surface area contributed by atoms with E-state index in [0.29, 0.717) is 12.4 Å². The van der Waals surface area contributed by atoms with Gasteiger partial charge in [-0.05, 0) is 42.8 Å². The highest BCUT2D eigenvalue weighted by Crippen LogP contribution is 2.32. The molecule has 1 saturated heterocycles. The third kappa shape index (κ3) is 3.46. The normalized spacial score (nSPS) is 17.1. The molecule has 0 radical (unpaired) electrons. The van der Waals surface area contributed by atoms with Gasteiger partial charge in [-0.25, -0.2) is 9.97 Å². The van der Waals surface area contributed by atoms with Crippen LogP contribution in [0.2, 0.25) is 0 Å².